The zero-order valence-electron chi connectivity index (χ0n) is 22.9. The van der Waals surface area contributed by atoms with Crippen molar-refractivity contribution in [1.29, 1.82) is 0 Å². The predicted octanol–water partition coefficient (Wildman–Crippen LogP) is 7.30. The molecule has 6 nitrogen and oxygen atoms in total. The Balaban J connectivity index is 1.29. The van der Waals surface area contributed by atoms with Gasteiger partial charge in [-0.3, -0.25) is 9.78 Å². The molecule has 212 valence electrons. The number of nitrogens with zero attached hydrogens (tertiary/aromatic N) is 2. The summed E-state index contributed by atoms with van der Waals surface area (Å²) in [4.78, 5) is 29.7. The monoisotopic (exact) mass is 573 g/mol. The van der Waals surface area contributed by atoms with Gasteiger partial charge in [-0.15, -0.1) is 0 Å². The third kappa shape index (κ3) is 4.91. The van der Waals surface area contributed by atoms with Crippen molar-refractivity contribution in [1.82, 2.24) is 14.9 Å². The molecule has 0 atom stereocenters. The topological polar surface area (TPSA) is 84.2 Å². The molecule has 6 aromatic rings. The number of nitrogens with one attached hydrogen (secondary N) is 1. The average Bonchev–Trinajstić information content (AvgIpc) is 3.69. The Labute approximate surface area is 245 Å². The lowest BCUT2D eigenvalue weighted by Crippen LogP contribution is -2.35. The van der Waals surface area contributed by atoms with Crippen LogP contribution in [0.25, 0.3) is 32.9 Å². The van der Waals surface area contributed by atoms with Crippen molar-refractivity contribution in [3.8, 4) is 11.1 Å². The zero-order chi connectivity index (χ0) is 29.7. The molecule has 0 spiro atoms. The number of fused-ring (bicyclic) bond motifs is 2. The van der Waals surface area contributed by atoms with E-state index in [1.54, 1.807) is 42.5 Å². The van der Waals surface area contributed by atoms with Crippen LogP contribution in [0.5, 0.6) is 0 Å². The molecule has 1 fully saturated rings. The number of pyridine rings is 1. The highest BCUT2D eigenvalue weighted by molar-refractivity contribution is 6.08. The van der Waals surface area contributed by atoms with Gasteiger partial charge in [-0.2, -0.15) is 0 Å². The summed E-state index contributed by atoms with van der Waals surface area (Å²) in [6.07, 6.45) is 4.81. The number of carbonyl (C=O) groups is 2. The molecule has 0 unspecified atom stereocenters. The van der Waals surface area contributed by atoms with Crippen LogP contribution in [0.2, 0.25) is 0 Å². The molecule has 0 radical (unpaired) electrons. The lowest BCUT2D eigenvalue weighted by Gasteiger charge is -2.20. The van der Waals surface area contributed by atoms with Gasteiger partial charge in [-0.25, -0.2) is 13.6 Å². The number of carboxylic acids is 1. The van der Waals surface area contributed by atoms with Gasteiger partial charge in [0.25, 0.3) is 5.91 Å². The number of aromatic nitrogens is 2. The van der Waals surface area contributed by atoms with Gasteiger partial charge in [-0.05, 0) is 95.8 Å². The van der Waals surface area contributed by atoms with E-state index in [1.165, 1.54) is 24.4 Å². The first-order chi connectivity index (χ1) is 20.8. The Morgan fingerprint density at radius 1 is 0.884 bits per heavy atom. The summed E-state index contributed by atoms with van der Waals surface area (Å²) in [5.74, 6) is -1.95. The predicted molar refractivity (Wildman–Crippen MR) is 160 cm³/mol. The standard InChI is InChI=1S/C35H25F2N3O3/c36-27-8-4-22(5-9-27)25-18-24-12-16-40(20-21-1-10-28-30(37)11-15-38-31(28)17-21)32(24)29(19-25)33(41)39-35(13-14-35)26-6-2-23(3-7-26)34(42)43/h1-12,15-19H,13-14,20H2,(H,39,41)(H,42,43). The number of rotatable bonds is 7. The highest BCUT2D eigenvalue weighted by Crippen LogP contribution is 2.46. The third-order valence-corrected chi connectivity index (χ3v) is 8.18. The van der Waals surface area contributed by atoms with Crippen LogP contribution < -0.4 is 5.32 Å². The summed E-state index contributed by atoms with van der Waals surface area (Å²) in [7, 11) is 0. The van der Waals surface area contributed by atoms with Crippen LogP contribution in [-0.4, -0.2) is 26.5 Å². The van der Waals surface area contributed by atoms with Crippen molar-refractivity contribution in [2.24, 2.45) is 0 Å². The van der Waals surface area contributed by atoms with Crippen molar-refractivity contribution in [2.75, 3.05) is 0 Å². The molecule has 0 saturated heterocycles. The molecule has 0 bridgehead atoms. The number of aromatic carboxylic acids is 1. The van der Waals surface area contributed by atoms with Gasteiger partial charge in [0.15, 0.2) is 0 Å². The van der Waals surface area contributed by atoms with E-state index in [0.29, 0.717) is 23.0 Å². The van der Waals surface area contributed by atoms with Gasteiger partial charge in [0.05, 0.1) is 27.7 Å². The summed E-state index contributed by atoms with van der Waals surface area (Å²) in [5.41, 5.74) is 4.64. The highest BCUT2D eigenvalue weighted by Gasteiger charge is 2.46. The molecular weight excluding hydrogens is 548 g/mol. The molecule has 2 heterocycles. The van der Waals surface area contributed by atoms with E-state index in [0.717, 1.165) is 46.0 Å². The largest absolute Gasteiger partial charge is 0.478 e. The molecule has 1 aliphatic rings. The molecule has 1 amide bonds. The minimum absolute atomic E-state index is 0.184. The van der Waals surface area contributed by atoms with Gasteiger partial charge >= 0.3 is 5.97 Å². The second-order valence-corrected chi connectivity index (χ2v) is 11.0. The summed E-state index contributed by atoms with van der Waals surface area (Å²) >= 11 is 0. The maximum atomic E-state index is 14.2. The van der Waals surface area contributed by atoms with Crippen molar-refractivity contribution >= 4 is 33.7 Å². The van der Waals surface area contributed by atoms with E-state index in [1.807, 2.05) is 41.1 Å². The maximum absolute atomic E-state index is 14.2. The summed E-state index contributed by atoms with van der Waals surface area (Å²) in [6, 6.07) is 25.2. The van der Waals surface area contributed by atoms with Crippen LogP contribution in [0.1, 0.15) is 44.7 Å². The fraction of sp³-hybridized carbons (Fsp3) is 0.114. The van der Waals surface area contributed by atoms with Gasteiger partial charge < -0.3 is 15.0 Å². The van der Waals surface area contributed by atoms with Crippen LogP contribution in [0, 0.1) is 11.6 Å². The van der Waals surface area contributed by atoms with E-state index in [2.05, 4.69) is 10.3 Å². The van der Waals surface area contributed by atoms with E-state index in [4.69, 9.17) is 0 Å². The lowest BCUT2D eigenvalue weighted by atomic mass is 9.98. The minimum atomic E-state index is -1.01. The lowest BCUT2D eigenvalue weighted by molar-refractivity contribution is 0.0696. The quantitative estimate of drug-likeness (QED) is 0.210. The number of carboxylic acid groups (broad SMARTS) is 1. The van der Waals surface area contributed by atoms with Crippen LogP contribution in [0.15, 0.2) is 103 Å². The average molecular weight is 574 g/mol. The van der Waals surface area contributed by atoms with Gasteiger partial charge in [-0.1, -0.05) is 30.3 Å². The van der Waals surface area contributed by atoms with Gasteiger partial charge in [0, 0.05) is 29.7 Å². The van der Waals surface area contributed by atoms with E-state index < -0.39 is 11.5 Å². The van der Waals surface area contributed by atoms with Gasteiger partial charge in [0.2, 0.25) is 0 Å². The molecule has 7 rings (SSSR count). The number of hydrogen-bond acceptors (Lipinski definition) is 3. The highest BCUT2D eigenvalue weighted by atomic mass is 19.1. The number of carbonyl (C=O) groups excluding carboxylic acids is 1. The van der Waals surface area contributed by atoms with Crippen molar-refractivity contribution in [3.05, 3.63) is 137 Å². The second kappa shape index (κ2) is 10.2. The van der Waals surface area contributed by atoms with E-state index >= 15 is 0 Å². The fourth-order valence-electron chi connectivity index (χ4n) is 5.74. The number of amides is 1. The Hall–Kier alpha value is -5.37. The first-order valence-electron chi connectivity index (χ1n) is 13.9. The smallest absolute Gasteiger partial charge is 0.335 e. The SMILES string of the molecule is O=C(O)c1ccc(C2(NC(=O)c3cc(-c4ccc(F)cc4)cc4ccn(Cc5ccc6c(F)ccnc6c5)c34)CC2)cc1. The van der Waals surface area contributed by atoms with Crippen LogP contribution in [-0.2, 0) is 12.1 Å². The van der Waals surface area contributed by atoms with E-state index in [-0.39, 0.29) is 23.1 Å². The Morgan fingerprint density at radius 2 is 1.65 bits per heavy atom. The maximum Gasteiger partial charge on any atom is 0.335 e. The minimum Gasteiger partial charge on any atom is -0.478 e. The third-order valence-electron chi connectivity index (χ3n) is 8.18. The normalized spacial score (nSPS) is 13.7. The molecule has 1 aliphatic carbocycles. The van der Waals surface area contributed by atoms with Crippen LogP contribution in [0.3, 0.4) is 0 Å². The molecule has 1 saturated carbocycles. The number of halogens is 2. The zero-order valence-corrected chi connectivity index (χ0v) is 22.9. The Bertz CT molecular complexity index is 2050. The van der Waals surface area contributed by atoms with Crippen LogP contribution >= 0.6 is 0 Å². The molecule has 0 aliphatic heterocycles. The number of benzene rings is 4. The molecule has 8 heteroatoms. The Kier molecular flexibility index (Phi) is 6.27. The first-order valence-corrected chi connectivity index (χ1v) is 13.9. The Morgan fingerprint density at radius 3 is 2.37 bits per heavy atom. The van der Waals surface area contributed by atoms with Crippen molar-refractivity contribution < 1.29 is 23.5 Å². The van der Waals surface area contributed by atoms with E-state index in [9.17, 15) is 23.5 Å². The molecule has 4 aromatic carbocycles. The van der Waals surface area contributed by atoms with Crippen LogP contribution in [0.4, 0.5) is 8.78 Å². The number of hydrogen-bond donors (Lipinski definition) is 2. The van der Waals surface area contributed by atoms with Crippen molar-refractivity contribution in [3.63, 3.8) is 0 Å². The second-order valence-electron chi connectivity index (χ2n) is 11.0. The first kappa shape index (κ1) is 26.5. The van der Waals surface area contributed by atoms with Crippen molar-refractivity contribution in [2.45, 2.75) is 24.9 Å². The molecule has 2 N–H and O–H groups in total. The summed E-state index contributed by atoms with van der Waals surface area (Å²) in [5, 5.41) is 13.8. The fourth-order valence-corrected chi connectivity index (χ4v) is 5.74. The summed E-state index contributed by atoms with van der Waals surface area (Å²) in [6.45, 7) is 0.426. The molecule has 43 heavy (non-hydrogen) atoms. The molecule has 2 aromatic heterocycles. The summed E-state index contributed by atoms with van der Waals surface area (Å²) < 4.78 is 29.9. The van der Waals surface area contributed by atoms with Gasteiger partial charge in [0.1, 0.15) is 11.6 Å². The molecular formula is C35H25F2N3O3.